The molecule has 112 valence electrons. The van der Waals surface area contributed by atoms with E-state index < -0.39 is 0 Å². The van der Waals surface area contributed by atoms with E-state index >= 15 is 0 Å². The summed E-state index contributed by atoms with van der Waals surface area (Å²) in [5, 5.41) is 6.07. The van der Waals surface area contributed by atoms with Gasteiger partial charge in [-0.2, -0.15) is 0 Å². The highest BCUT2D eigenvalue weighted by Crippen LogP contribution is 2.12. The number of halogens is 1. The van der Waals surface area contributed by atoms with Gasteiger partial charge >= 0.3 is 0 Å². The van der Waals surface area contributed by atoms with Crippen molar-refractivity contribution in [3.05, 3.63) is 48.4 Å². The number of nitrogens with one attached hydrogen (secondary N) is 2. The van der Waals surface area contributed by atoms with Gasteiger partial charge in [0.2, 0.25) is 5.91 Å². The summed E-state index contributed by atoms with van der Waals surface area (Å²) in [5.74, 6) is 0.743. The quantitative estimate of drug-likeness (QED) is 0.907. The van der Waals surface area contributed by atoms with Gasteiger partial charge in [0.25, 0.3) is 0 Å². The highest BCUT2D eigenvalue weighted by atomic mass is 35.5. The summed E-state index contributed by atoms with van der Waals surface area (Å²) < 4.78 is 1.97. The zero-order valence-electron chi connectivity index (χ0n) is 11.7. The Balaban J connectivity index is 0.00000161. The Morgan fingerprint density at radius 3 is 2.90 bits per heavy atom. The number of hydrogen-bond acceptors (Lipinski definition) is 3. The van der Waals surface area contributed by atoms with Crippen LogP contribution in [0.15, 0.2) is 42.9 Å². The average molecular weight is 307 g/mol. The molecule has 1 aliphatic rings. The van der Waals surface area contributed by atoms with Gasteiger partial charge in [0.1, 0.15) is 0 Å². The molecule has 1 aliphatic heterocycles. The van der Waals surface area contributed by atoms with E-state index in [4.69, 9.17) is 0 Å². The maximum Gasteiger partial charge on any atom is 0.230 e. The third-order valence-electron chi connectivity index (χ3n) is 3.52. The van der Waals surface area contributed by atoms with E-state index in [2.05, 4.69) is 27.8 Å². The van der Waals surface area contributed by atoms with Crippen molar-refractivity contribution in [3.63, 3.8) is 0 Å². The molecule has 0 saturated carbocycles. The lowest BCUT2D eigenvalue weighted by Gasteiger charge is -2.07. The number of carbonyl (C=O) groups excluding carboxylic acids is 1. The molecule has 2 aromatic rings. The molecule has 2 heterocycles. The molecule has 2 N–H and O–H groups in total. The molecule has 1 unspecified atom stereocenters. The van der Waals surface area contributed by atoms with Crippen LogP contribution in [0.1, 0.15) is 12.0 Å². The Hall–Kier alpha value is -1.85. The molecule has 0 aliphatic carbocycles. The minimum absolute atomic E-state index is 0. The largest absolute Gasteiger partial charge is 0.331 e. The Kier molecular flexibility index (Phi) is 5.36. The van der Waals surface area contributed by atoms with Crippen molar-refractivity contribution in [1.29, 1.82) is 0 Å². The van der Waals surface area contributed by atoms with Gasteiger partial charge in [-0.05, 0) is 18.5 Å². The van der Waals surface area contributed by atoms with E-state index in [1.54, 1.807) is 6.33 Å². The highest BCUT2D eigenvalue weighted by molar-refractivity contribution is 5.91. The number of nitrogens with zero attached hydrogens (tertiary/aromatic N) is 2. The van der Waals surface area contributed by atoms with Gasteiger partial charge < -0.3 is 15.2 Å². The summed E-state index contributed by atoms with van der Waals surface area (Å²) in [5.41, 5.74) is 1.21. The predicted molar refractivity (Wildman–Crippen MR) is 84.6 cm³/mol. The molecule has 1 amide bonds. The normalized spacial score (nSPS) is 17.2. The predicted octanol–water partition coefficient (Wildman–Crippen LogP) is 1.90. The van der Waals surface area contributed by atoms with Crippen molar-refractivity contribution in [2.45, 2.75) is 13.0 Å². The smallest absolute Gasteiger partial charge is 0.230 e. The summed E-state index contributed by atoms with van der Waals surface area (Å²) in [6, 6.07) is 10.2. The number of aromatic nitrogens is 2. The average Bonchev–Trinajstić information content (AvgIpc) is 3.11. The van der Waals surface area contributed by atoms with Crippen molar-refractivity contribution >= 4 is 24.1 Å². The standard InChI is InChI=1S/C15H18N4O.ClH/c20-15(13-6-7-16-8-13)18-14-10-19(11-17-14)9-12-4-2-1-3-5-12;/h1-5,10-11,13,16H,6-9H2,(H,18,20);1H. The summed E-state index contributed by atoms with van der Waals surface area (Å²) in [4.78, 5) is 16.2. The number of carbonyl (C=O) groups is 1. The summed E-state index contributed by atoms with van der Waals surface area (Å²) in [7, 11) is 0. The molecule has 1 fully saturated rings. The van der Waals surface area contributed by atoms with Crippen LogP contribution < -0.4 is 10.6 Å². The highest BCUT2D eigenvalue weighted by Gasteiger charge is 2.22. The van der Waals surface area contributed by atoms with E-state index in [1.807, 2.05) is 29.0 Å². The van der Waals surface area contributed by atoms with Crippen LogP contribution in [0, 0.1) is 5.92 Å². The zero-order chi connectivity index (χ0) is 13.8. The summed E-state index contributed by atoms with van der Waals surface area (Å²) in [6.45, 7) is 2.44. The molecule has 0 bridgehead atoms. The van der Waals surface area contributed by atoms with Crippen LogP contribution in [0.5, 0.6) is 0 Å². The molecule has 0 radical (unpaired) electrons. The fourth-order valence-electron chi connectivity index (χ4n) is 2.41. The third-order valence-corrected chi connectivity index (χ3v) is 3.52. The maximum atomic E-state index is 12.0. The zero-order valence-corrected chi connectivity index (χ0v) is 12.5. The Labute approximate surface area is 130 Å². The van der Waals surface area contributed by atoms with E-state index in [1.165, 1.54) is 5.56 Å². The van der Waals surface area contributed by atoms with Crippen molar-refractivity contribution in [2.75, 3.05) is 18.4 Å². The van der Waals surface area contributed by atoms with Crippen LogP contribution in [0.25, 0.3) is 0 Å². The second-order valence-corrected chi connectivity index (χ2v) is 5.10. The molecular formula is C15H19ClN4O. The molecular weight excluding hydrogens is 288 g/mol. The molecule has 1 aromatic heterocycles. The summed E-state index contributed by atoms with van der Waals surface area (Å²) in [6.07, 6.45) is 4.51. The number of rotatable bonds is 4. The molecule has 6 heteroatoms. The fraction of sp³-hybridized carbons (Fsp3) is 0.333. The number of amides is 1. The second kappa shape index (κ2) is 7.24. The molecule has 1 atom stereocenters. The monoisotopic (exact) mass is 306 g/mol. The molecule has 3 rings (SSSR count). The third kappa shape index (κ3) is 4.06. The molecule has 1 aromatic carbocycles. The van der Waals surface area contributed by atoms with Gasteiger partial charge in [0, 0.05) is 19.3 Å². The van der Waals surface area contributed by atoms with Gasteiger partial charge in [-0.1, -0.05) is 30.3 Å². The van der Waals surface area contributed by atoms with E-state index in [-0.39, 0.29) is 24.2 Å². The number of benzene rings is 1. The van der Waals surface area contributed by atoms with Crippen LogP contribution in [0.4, 0.5) is 5.82 Å². The lowest BCUT2D eigenvalue weighted by atomic mass is 10.1. The van der Waals surface area contributed by atoms with Crippen molar-refractivity contribution in [1.82, 2.24) is 14.9 Å². The van der Waals surface area contributed by atoms with Gasteiger partial charge in [-0.25, -0.2) is 4.98 Å². The van der Waals surface area contributed by atoms with Crippen LogP contribution in [-0.4, -0.2) is 28.5 Å². The van der Waals surface area contributed by atoms with Crippen LogP contribution in [0.3, 0.4) is 0 Å². The van der Waals surface area contributed by atoms with Crippen molar-refractivity contribution in [3.8, 4) is 0 Å². The lowest BCUT2D eigenvalue weighted by Crippen LogP contribution is -2.24. The molecule has 21 heavy (non-hydrogen) atoms. The first-order valence-electron chi connectivity index (χ1n) is 6.88. The maximum absolute atomic E-state index is 12.0. The van der Waals surface area contributed by atoms with Crippen molar-refractivity contribution in [2.24, 2.45) is 5.92 Å². The minimum Gasteiger partial charge on any atom is -0.331 e. The van der Waals surface area contributed by atoms with Crippen LogP contribution >= 0.6 is 12.4 Å². The van der Waals surface area contributed by atoms with Crippen LogP contribution in [0.2, 0.25) is 0 Å². The minimum atomic E-state index is 0. The van der Waals surface area contributed by atoms with E-state index in [9.17, 15) is 4.79 Å². The lowest BCUT2D eigenvalue weighted by molar-refractivity contribution is -0.119. The van der Waals surface area contributed by atoms with E-state index in [0.717, 1.165) is 26.1 Å². The number of imidazole rings is 1. The molecule has 0 spiro atoms. The first kappa shape index (κ1) is 15.5. The van der Waals surface area contributed by atoms with Gasteiger partial charge in [-0.15, -0.1) is 12.4 Å². The van der Waals surface area contributed by atoms with Crippen LogP contribution in [-0.2, 0) is 11.3 Å². The number of hydrogen-bond donors (Lipinski definition) is 2. The Bertz CT molecular complexity index is 578. The van der Waals surface area contributed by atoms with Gasteiger partial charge in [0.05, 0.1) is 12.2 Å². The molecule has 1 saturated heterocycles. The van der Waals surface area contributed by atoms with E-state index in [0.29, 0.717) is 5.82 Å². The fourth-order valence-corrected chi connectivity index (χ4v) is 2.41. The Morgan fingerprint density at radius 2 is 2.19 bits per heavy atom. The molecule has 5 nitrogen and oxygen atoms in total. The first-order valence-corrected chi connectivity index (χ1v) is 6.88. The van der Waals surface area contributed by atoms with Gasteiger partial charge in [-0.3, -0.25) is 4.79 Å². The topological polar surface area (TPSA) is 59.0 Å². The van der Waals surface area contributed by atoms with Crippen molar-refractivity contribution < 1.29 is 4.79 Å². The SMILES string of the molecule is Cl.O=C(Nc1cn(Cc2ccccc2)cn1)C1CCNC1. The first-order chi connectivity index (χ1) is 9.81. The second-order valence-electron chi connectivity index (χ2n) is 5.10. The van der Waals surface area contributed by atoms with Gasteiger partial charge in [0.15, 0.2) is 5.82 Å². The Morgan fingerprint density at radius 1 is 1.38 bits per heavy atom. The number of anilines is 1. The summed E-state index contributed by atoms with van der Waals surface area (Å²) >= 11 is 0.